The van der Waals surface area contributed by atoms with E-state index in [9.17, 15) is 61.0 Å². The van der Waals surface area contributed by atoms with Gasteiger partial charge in [0.25, 0.3) is 0 Å². The molecule has 0 saturated carbocycles. The highest BCUT2D eigenvalue weighted by Gasteiger charge is 2.47. The van der Waals surface area contributed by atoms with Crippen molar-refractivity contribution in [1.82, 2.24) is 0 Å². The maximum absolute atomic E-state index is 12.6. The Bertz CT molecular complexity index is 2070. The Kier molecular flexibility index (Phi) is 12.0. The average Bonchev–Trinajstić information content (AvgIpc) is 3.18. The minimum absolute atomic E-state index is 0.00379. The molecule has 19 nitrogen and oxygen atoms in total. The lowest BCUT2D eigenvalue weighted by Gasteiger charge is -2.39. The molecule has 4 aromatic rings. The van der Waals surface area contributed by atoms with Crippen molar-refractivity contribution in [2.24, 2.45) is 0 Å². The normalized spacial score (nSPS) is 27.9. The van der Waals surface area contributed by atoms with E-state index >= 15 is 0 Å². The van der Waals surface area contributed by atoms with E-state index in [0.717, 1.165) is 30.3 Å². The molecule has 2 aliphatic rings. The maximum Gasteiger partial charge on any atom is 0.402 e. The van der Waals surface area contributed by atoms with Crippen molar-refractivity contribution in [3.63, 3.8) is 0 Å². The number of carbonyl (C=O) groups excluding carboxylic acids is 1. The topological polar surface area (TPSA) is 306 Å². The number of aromatic hydroxyl groups is 4. The molecule has 10 atom stereocenters. The van der Waals surface area contributed by atoms with Crippen molar-refractivity contribution in [1.29, 1.82) is 0 Å². The smallest absolute Gasteiger partial charge is 0.402 e. The predicted octanol–water partition coefficient (Wildman–Crippen LogP) is -0.166. The predicted molar refractivity (Wildman–Crippen MR) is 187 cm³/mol. The van der Waals surface area contributed by atoms with Crippen LogP contribution in [0.2, 0.25) is 0 Å². The van der Waals surface area contributed by atoms with Crippen molar-refractivity contribution in [2.45, 2.75) is 61.4 Å². The van der Waals surface area contributed by atoms with Crippen molar-refractivity contribution < 1.29 is 93.8 Å². The molecule has 3 heterocycles. The number of ether oxygens (including phenoxy) is 6. The summed E-state index contributed by atoms with van der Waals surface area (Å²) in [5.74, 6) is -3.05. The molecule has 2 saturated heterocycles. The van der Waals surface area contributed by atoms with Gasteiger partial charge in [-0.3, -0.25) is 0 Å². The lowest BCUT2D eigenvalue weighted by atomic mass is 9.99. The molecule has 56 heavy (non-hydrogen) atoms. The molecule has 3 aromatic carbocycles. The third-order valence-electron chi connectivity index (χ3n) is 9.05. The number of benzene rings is 3. The van der Waals surface area contributed by atoms with Gasteiger partial charge in [-0.05, 0) is 35.9 Å². The number of carbonyl (C=O) groups is 1. The van der Waals surface area contributed by atoms with Crippen LogP contribution >= 0.6 is 0 Å². The Morgan fingerprint density at radius 1 is 0.714 bits per heavy atom. The van der Waals surface area contributed by atoms with E-state index in [2.05, 4.69) is 0 Å². The summed E-state index contributed by atoms with van der Waals surface area (Å²) in [5, 5.41) is 114. The van der Waals surface area contributed by atoms with Crippen LogP contribution in [0.4, 0.5) is 0 Å². The Balaban J connectivity index is 1.30. The molecule has 0 spiro atoms. The van der Waals surface area contributed by atoms with Gasteiger partial charge in [0.1, 0.15) is 72.3 Å². The summed E-state index contributed by atoms with van der Waals surface area (Å²) in [6.07, 6.45) is -14.8. The van der Waals surface area contributed by atoms with Gasteiger partial charge in [-0.15, -0.1) is 0 Å². The number of methoxy groups -OCH3 is 1. The molecule has 1 aromatic heterocycles. The van der Waals surface area contributed by atoms with Crippen LogP contribution in [0.15, 0.2) is 65.1 Å². The monoisotopic (exact) mass is 787 g/mol. The average molecular weight is 788 g/mol. The first-order valence-corrected chi connectivity index (χ1v) is 16.9. The first-order valence-electron chi connectivity index (χ1n) is 16.9. The van der Waals surface area contributed by atoms with E-state index < -0.39 is 97.8 Å². The highest BCUT2D eigenvalue weighted by Crippen LogP contribution is 2.43. The summed E-state index contributed by atoms with van der Waals surface area (Å²) in [4.78, 5) is 12.6. The lowest BCUT2D eigenvalue weighted by Crippen LogP contribution is -2.60. The van der Waals surface area contributed by atoms with Crippen molar-refractivity contribution in [2.75, 3.05) is 20.3 Å². The maximum atomic E-state index is 12.6. The molecule has 0 bridgehead atoms. The third kappa shape index (κ3) is 8.35. The number of aliphatic hydroxyl groups is 7. The zero-order chi connectivity index (χ0) is 40.4. The van der Waals surface area contributed by atoms with Crippen molar-refractivity contribution in [3.8, 4) is 51.6 Å². The Labute approximate surface area is 316 Å². The highest BCUT2D eigenvalue weighted by atomic mass is 16.7. The number of rotatable bonds is 11. The van der Waals surface area contributed by atoms with Crippen LogP contribution in [0, 0.1) is 0 Å². The van der Waals surface area contributed by atoms with Crippen LogP contribution in [0.25, 0.3) is 28.4 Å². The van der Waals surface area contributed by atoms with Gasteiger partial charge in [0, 0.05) is 24.3 Å². The summed E-state index contributed by atoms with van der Waals surface area (Å²) < 4.78 is 39.3. The molecule has 6 rings (SSSR count). The van der Waals surface area contributed by atoms with Crippen molar-refractivity contribution in [3.05, 3.63) is 66.2 Å². The van der Waals surface area contributed by atoms with Gasteiger partial charge in [-0.1, -0.05) is 6.07 Å². The second-order valence-corrected chi connectivity index (χ2v) is 12.8. The summed E-state index contributed by atoms with van der Waals surface area (Å²) in [6, 6.07) is 11.4. The highest BCUT2D eigenvalue weighted by molar-refractivity contribution is 5.89. The summed E-state index contributed by atoms with van der Waals surface area (Å²) in [6.45, 7) is -1.39. The van der Waals surface area contributed by atoms with Gasteiger partial charge in [-0.2, -0.15) is 0 Å². The summed E-state index contributed by atoms with van der Waals surface area (Å²) in [7, 11) is 1.35. The third-order valence-corrected chi connectivity index (χ3v) is 9.05. The van der Waals surface area contributed by atoms with E-state index in [-0.39, 0.29) is 45.3 Å². The first kappa shape index (κ1) is 40.2. The number of phenols is 4. The fourth-order valence-corrected chi connectivity index (χ4v) is 5.96. The number of fused-ring (bicyclic) bond motifs is 1. The van der Waals surface area contributed by atoms with Crippen molar-refractivity contribution >= 4 is 23.0 Å². The van der Waals surface area contributed by atoms with E-state index in [1.165, 1.54) is 43.5 Å². The van der Waals surface area contributed by atoms with E-state index in [4.69, 9.17) is 32.8 Å². The number of esters is 1. The lowest BCUT2D eigenvalue weighted by molar-refractivity contribution is -0.278. The molecule has 0 radical (unpaired) electrons. The van der Waals surface area contributed by atoms with Gasteiger partial charge >= 0.3 is 17.3 Å². The molecular weight excluding hydrogens is 748 g/mol. The number of hydrogen-bond acceptors (Lipinski definition) is 18. The fourth-order valence-electron chi connectivity index (χ4n) is 5.96. The van der Waals surface area contributed by atoms with Gasteiger partial charge < -0.3 is 84.6 Å². The fraction of sp³-hybridized carbons (Fsp3) is 0.351. The molecule has 0 unspecified atom stereocenters. The minimum atomic E-state index is -1.93. The van der Waals surface area contributed by atoms with E-state index in [0.29, 0.717) is 5.56 Å². The van der Waals surface area contributed by atoms with Crippen LogP contribution in [0.1, 0.15) is 5.56 Å². The Morgan fingerprint density at radius 2 is 1.36 bits per heavy atom. The van der Waals surface area contributed by atoms with Crippen LogP contribution in [-0.2, 0) is 19.0 Å². The quantitative estimate of drug-likeness (QED) is 0.0407. The zero-order valence-corrected chi connectivity index (χ0v) is 29.2. The molecule has 2 fully saturated rings. The summed E-state index contributed by atoms with van der Waals surface area (Å²) in [5.41, 5.74) is 0.447. The molecule has 300 valence electrons. The molecular formula is C37H39O19+. The van der Waals surface area contributed by atoms with Gasteiger partial charge in [0.2, 0.25) is 18.3 Å². The van der Waals surface area contributed by atoms with Crippen LogP contribution in [0.3, 0.4) is 0 Å². The number of hydrogen-bond donors (Lipinski definition) is 11. The number of phenolic OH excluding ortho intramolecular Hbond substituents is 4. The zero-order valence-electron chi connectivity index (χ0n) is 29.2. The second-order valence-electron chi connectivity index (χ2n) is 12.8. The Hall–Kier alpha value is -5.48. The van der Waals surface area contributed by atoms with Crippen LogP contribution in [-0.4, -0.2) is 144 Å². The molecule has 0 amide bonds. The molecule has 2 aliphatic heterocycles. The Morgan fingerprint density at radius 3 is 2.02 bits per heavy atom. The van der Waals surface area contributed by atoms with Crippen LogP contribution in [0.5, 0.6) is 40.2 Å². The SMILES string of the molecule is COc1cc(/C=C/C(=O)OC[C@H]2O[C@@H](Oc3cc4c(O[C@@H]5O[C@H](CO)[C@@H](O)[C@H](O)[C@H]5O)cc(O)cc4[o+]c3-c3ccc(O)c(O)c3)[C@H](O)[C@@H](O)[C@@H]2O)ccc1O. The van der Waals surface area contributed by atoms with E-state index in [1.54, 1.807) is 0 Å². The van der Waals surface area contributed by atoms with Gasteiger partial charge in [0.15, 0.2) is 23.0 Å². The van der Waals surface area contributed by atoms with Gasteiger partial charge in [0.05, 0.1) is 25.3 Å². The largest absolute Gasteiger partial charge is 0.507 e. The molecule has 0 aliphatic carbocycles. The van der Waals surface area contributed by atoms with E-state index in [1.807, 2.05) is 0 Å². The summed E-state index contributed by atoms with van der Waals surface area (Å²) >= 11 is 0. The minimum Gasteiger partial charge on any atom is -0.507 e. The second kappa shape index (κ2) is 16.7. The number of aliphatic hydroxyl groups excluding tert-OH is 7. The first-order chi connectivity index (χ1) is 26.7. The molecule has 11 N–H and O–H groups in total. The molecule has 19 heteroatoms. The van der Waals surface area contributed by atoms with Gasteiger partial charge in [-0.25, -0.2) is 9.21 Å². The van der Waals surface area contributed by atoms with Crippen LogP contribution < -0.4 is 14.2 Å². The standard InChI is InChI=1S/C37H38O19/c1-50-24-8-15(2-5-20(24)41)3-7-28(43)51-14-27-30(45)32(47)34(49)37(56-27)54-25-12-18-22(52-35(25)16-4-6-19(40)21(42)9-16)10-17(39)11-23(18)53-36-33(48)31(46)29(44)26(13-38)55-36/h2-12,26-27,29-34,36-38,44-49H,13-14H2,1H3,(H3-,39,40,41,42,43)/p+1/t26-,27-,29-,30-,31+,32+,33-,34-,36-,37-/m1/s1.